The van der Waals surface area contributed by atoms with Crippen molar-refractivity contribution in [1.82, 2.24) is 10.2 Å². The number of amides is 1. The van der Waals surface area contributed by atoms with E-state index in [-0.39, 0.29) is 11.7 Å². The summed E-state index contributed by atoms with van der Waals surface area (Å²) >= 11 is 0. The van der Waals surface area contributed by atoms with Crippen LogP contribution in [-0.4, -0.2) is 52.2 Å². The molecule has 1 N–H and O–H groups in total. The zero-order valence-electron chi connectivity index (χ0n) is 11.6. The molecule has 0 aromatic carbocycles. The molecule has 0 radical (unpaired) electrons. The minimum absolute atomic E-state index is 0.0746. The van der Waals surface area contributed by atoms with E-state index in [0.717, 1.165) is 45.3 Å². The van der Waals surface area contributed by atoms with Crippen molar-refractivity contribution in [3.05, 3.63) is 0 Å². The summed E-state index contributed by atoms with van der Waals surface area (Å²) in [5, 5.41) is 3.33. The van der Waals surface area contributed by atoms with Gasteiger partial charge in [0.15, 0.2) is 0 Å². The molecule has 4 nitrogen and oxygen atoms in total. The molecule has 1 saturated heterocycles. The van der Waals surface area contributed by atoms with Crippen molar-refractivity contribution in [2.75, 3.05) is 31.1 Å². The number of likely N-dealkylation sites (tertiary alicyclic amines) is 1. The largest absolute Gasteiger partial charge is 0.342 e. The van der Waals surface area contributed by atoms with Gasteiger partial charge in [0.05, 0.1) is 0 Å². The van der Waals surface area contributed by atoms with Crippen LogP contribution >= 0.6 is 0 Å². The summed E-state index contributed by atoms with van der Waals surface area (Å²) in [6, 6.07) is 0.473. The summed E-state index contributed by atoms with van der Waals surface area (Å²) in [4.78, 5) is 13.6. The molecule has 0 bridgehead atoms. The molecular weight excluding hydrogens is 248 g/mol. The topological polar surface area (TPSA) is 49.4 Å². The van der Waals surface area contributed by atoms with Crippen LogP contribution in [0.1, 0.15) is 39.5 Å². The van der Waals surface area contributed by atoms with E-state index in [1.54, 1.807) is 0 Å². The molecule has 1 aliphatic heterocycles. The molecule has 0 aliphatic carbocycles. The molecule has 106 valence electrons. The van der Waals surface area contributed by atoms with Gasteiger partial charge in [-0.2, -0.15) is 0 Å². The number of nitrogens with zero attached hydrogens (tertiary/aromatic N) is 1. The Morgan fingerprint density at radius 3 is 2.67 bits per heavy atom. The van der Waals surface area contributed by atoms with E-state index in [2.05, 4.69) is 19.2 Å². The minimum Gasteiger partial charge on any atom is -0.342 e. The van der Waals surface area contributed by atoms with Crippen LogP contribution in [-0.2, 0) is 15.6 Å². The number of nitrogens with one attached hydrogen (secondary N) is 1. The van der Waals surface area contributed by atoms with Crippen molar-refractivity contribution >= 4 is 16.7 Å². The average molecular weight is 274 g/mol. The molecule has 2 atom stereocenters. The van der Waals surface area contributed by atoms with Crippen molar-refractivity contribution in [3.63, 3.8) is 0 Å². The van der Waals surface area contributed by atoms with Crippen LogP contribution in [0.2, 0.25) is 0 Å². The minimum atomic E-state index is -0.985. The zero-order chi connectivity index (χ0) is 13.4. The van der Waals surface area contributed by atoms with Crippen molar-refractivity contribution in [2.24, 2.45) is 0 Å². The lowest BCUT2D eigenvalue weighted by molar-refractivity contribution is -0.127. The lowest BCUT2D eigenvalue weighted by Crippen LogP contribution is -2.32. The van der Waals surface area contributed by atoms with Crippen LogP contribution in [0.3, 0.4) is 0 Å². The number of hydrogen-bond donors (Lipinski definition) is 1. The maximum Gasteiger partial charge on any atom is 0.235 e. The first-order valence-corrected chi connectivity index (χ1v) is 8.48. The van der Waals surface area contributed by atoms with Crippen molar-refractivity contribution < 1.29 is 9.00 Å². The molecule has 0 saturated carbocycles. The van der Waals surface area contributed by atoms with Crippen molar-refractivity contribution in [2.45, 2.75) is 45.6 Å². The third kappa shape index (κ3) is 5.96. The Morgan fingerprint density at radius 1 is 1.39 bits per heavy atom. The van der Waals surface area contributed by atoms with Crippen LogP contribution < -0.4 is 5.32 Å². The fraction of sp³-hybridized carbons (Fsp3) is 0.923. The lowest BCUT2D eigenvalue weighted by Gasteiger charge is -2.15. The van der Waals surface area contributed by atoms with Gasteiger partial charge in [0, 0.05) is 35.7 Å². The molecule has 0 spiro atoms. The highest BCUT2D eigenvalue weighted by atomic mass is 32.2. The first-order chi connectivity index (χ1) is 8.63. The van der Waals surface area contributed by atoms with Crippen LogP contribution in [0.15, 0.2) is 0 Å². The molecule has 5 heteroatoms. The Balaban J connectivity index is 2.11. The van der Waals surface area contributed by atoms with E-state index in [9.17, 15) is 9.00 Å². The van der Waals surface area contributed by atoms with E-state index in [1.165, 1.54) is 0 Å². The summed E-state index contributed by atoms with van der Waals surface area (Å²) in [7, 11) is -0.985. The van der Waals surface area contributed by atoms with Gasteiger partial charge in [0.1, 0.15) is 5.75 Å². The number of hydrogen-bond acceptors (Lipinski definition) is 3. The third-order valence-corrected chi connectivity index (χ3v) is 4.62. The van der Waals surface area contributed by atoms with Gasteiger partial charge in [-0.05, 0) is 39.2 Å². The van der Waals surface area contributed by atoms with Crippen LogP contribution in [0.25, 0.3) is 0 Å². The maximum absolute atomic E-state index is 11.8. The molecule has 1 fully saturated rings. The smallest absolute Gasteiger partial charge is 0.235 e. The number of carbonyl (C=O) groups is 1. The molecule has 0 aromatic heterocycles. The molecular formula is C13H26N2O2S. The van der Waals surface area contributed by atoms with E-state index in [0.29, 0.717) is 11.8 Å². The maximum atomic E-state index is 11.8. The highest BCUT2D eigenvalue weighted by molar-refractivity contribution is 7.85. The van der Waals surface area contributed by atoms with Crippen molar-refractivity contribution in [1.29, 1.82) is 0 Å². The molecule has 1 amide bonds. The number of carbonyl (C=O) groups excluding carboxylic acids is 1. The van der Waals surface area contributed by atoms with Gasteiger partial charge in [0.25, 0.3) is 0 Å². The average Bonchev–Trinajstić information content (AvgIpc) is 2.82. The molecule has 1 aliphatic rings. The Kier molecular flexibility index (Phi) is 7.51. The third-order valence-electron chi connectivity index (χ3n) is 3.30. The predicted octanol–water partition coefficient (Wildman–Crippen LogP) is 1.14. The molecule has 2 unspecified atom stereocenters. The SMILES string of the molecule is CCNC(C)CCCS(=O)CC(=O)N1CCCC1. The number of rotatable bonds is 8. The molecule has 0 aromatic rings. The monoisotopic (exact) mass is 274 g/mol. The summed E-state index contributed by atoms with van der Waals surface area (Å²) < 4.78 is 11.8. The lowest BCUT2D eigenvalue weighted by atomic mass is 10.2. The normalized spacial score (nSPS) is 18.9. The van der Waals surface area contributed by atoms with E-state index >= 15 is 0 Å². The van der Waals surface area contributed by atoms with Gasteiger partial charge in [-0.1, -0.05) is 6.92 Å². The van der Waals surface area contributed by atoms with Gasteiger partial charge in [-0.25, -0.2) is 0 Å². The van der Waals surface area contributed by atoms with Gasteiger partial charge >= 0.3 is 0 Å². The summed E-state index contributed by atoms with van der Waals surface area (Å²) in [5.41, 5.74) is 0. The first kappa shape index (κ1) is 15.6. The summed E-state index contributed by atoms with van der Waals surface area (Å²) in [6.07, 6.45) is 4.14. The highest BCUT2D eigenvalue weighted by Crippen LogP contribution is 2.08. The second-order valence-electron chi connectivity index (χ2n) is 4.98. The molecule has 18 heavy (non-hydrogen) atoms. The van der Waals surface area contributed by atoms with Crippen molar-refractivity contribution in [3.8, 4) is 0 Å². The fourth-order valence-corrected chi connectivity index (χ4v) is 3.36. The molecule has 1 heterocycles. The Bertz CT molecular complexity index is 278. The standard InChI is InChI=1S/C13H26N2O2S/c1-3-14-12(2)7-6-10-18(17)11-13(16)15-8-4-5-9-15/h12,14H,3-11H2,1-2H3. The van der Waals surface area contributed by atoms with Crippen LogP contribution in [0.5, 0.6) is 0 Å². The van der Waals surface area contributed by atoms with Gasteiger partial charge in [-0.3, -0.25) is 9.00 Å². The van der Waals surface area contributed by atoms with E-state index in [4.69, 9.17) is 0 Å². The highest BCUT2D eigenvalue weighted by Gasteiger charge is 2.19. The Hall–Kier alpha value is -0.420. The molecule has 1 rings (SSSR count). The van der Waals surface area contributed by atoms with Gasteiger partial charge in [0.2, 0.25) is 5.91 Å². The van der Waals surface area contributed by atoms with E-state index in [1.807, 2.05) is 4.90 Å². The summed E-state index contributed by atoms with van der Waals surface area (Å²) in [6.45, 7) is 6.91. The quantitative estimate of drug-likeness (QED) is 0.722. The van der Waals surface area contributed by atoms with Crippen LogP contribution in [0, 0.1) is 0 Å². The Labute approximate surface area is 113 Å². The first-order valence-electron chi connectivity index (χ1n) is 6.99. The Morgan fingerprint density at radius 2 is 2.06 bits per heavy atom. The second kappa shape index (κ2) is 8.64. The van der Waals surface area contributed by atoms with Gasteiger partial charge < -0.3 is 10.2 Å². The van der Waals surface area contributed by atoms with Gasteiger partial charge in [-0.15, -0.1) is 0 Å². The predicted molar refractivity (Wildman–Crippen MR) is 76.1 cm³/mol. The van der Waals surface area contributed by atoms with E-state index < -0.39 is 10.8 Å². The van der Waals surface area contributed by atoms with Crippen LogP contribution in [0.4, 0.5) is 0 Å². The second-order valence-corrected chi connectivity index (χ2v) is 6.55. The summed E-state index contributed by atoms with van der Waals surface area (Å²) in [5.74, 6) is 0.941. The fourth-order valence-electron chi connectivity index (χ4n) is 2.27. The zero-order valence-corrected chi connectivity index (χ0v) is 12.4.